The fourth-order valence-electron chi connectivity index (χ4n) is 2.19. The van der Waals surface area contributed by atoms with E-state index >= 15 is 0 Å². The first-order valence-corrected chi connectivity index (χ1v) is 6.38. The van der Waals surface area contributed by atoms with Crippen LogP contribution < -0.4 is 5.32 Å². The maximum atomic E-state index is 12.3. The normalized spacial score (nSPS) is 21.8. The molecule has 6 nitrogen and oxygen atoms in total. The summed E-state index contributed by atoms with van der Waals surface area (Å²) >= 11 is 0. The van der Waals surface area contributed by atoms with Gasteiger partial charge in [-0.05, 0) is 19.8 Å². The van der Waals surface area contributed by atoms with Crippen LogP contribution in [0.5, 0.6) is 0 Å². The van der Waals surface area contributed by atoms with Crippen LogP contribution in [0.2, 0.25) is 0 Å². The predicted octanol–water partition coefficient (Wildman–Crippen LogP) is 0.248. The number of hydrogen-bond donors (Lipinski definition) is 2. The first kappa shape index (κ1) is 15.2. The molecule has 0 saturated carbocycles. The molecule has 0 aliphatic heterocycles. The van der Waals surface area contributed by atoms with Crippen molar-refractivity contribution < 1.29 is 19.5 Å². The van der Waals surface area contributed by atoms with E-state index in [4.69, 9.17) is 5.11 Å². The number of hydrogen-bond acceptors (Lipinski definition) is 3. The van der Waals surface area contributed by atoms with Gasteiger partial charge in [-0.15, -0.1) is 0 Å². The van der Waals surface area contributed by atoms with Crippen molar-refractivity contribution in [3.63, 3.8) is 0 Å². The molecule has 2 N–H and O–H groups in total. The summed E-state index contributed by atoms with van der Waals surface area (Å²) in [6, 6.07) is 0. The third kappa shape index (κ3) is 3.81. The summed E-state index contributed by atoms with van der Waals surface area (Å²) in [6.07, 6.45) is 4.40. The molecule has 0 aromatic carbocycles. The Labute approximate surface area is 112 Å². The van der Waals surface area contributed by atoms with Crippen LogP contribution in [0, 0.1) is 11.8 Å². The number of carbonyl (C=O) groups excluding carboxylic acids is 2. The molecule has 106 valence electrons. The van der Waals surface area contributed by atoms with Gasteiger partial charge < -0.3 is 15.3 Å². The van der Waals surface area contributed by atoms with Gasteiger partial charge in [0.25, 0.3) is 0 Å². The number of carboxylic acids is 1. The molecule has 2 unspecified atom stereocenters. The number of aliphatic carboxylic acids is 1. The lowest BCUT2D eigenvalue weighted by atomic mass is 9.82. The van der Waals surface area contributed by atoms with Crippen molar-refractivity contribution in [2.75, 3.05) is 20.1 Å². The number of rotatable bonds is 5. The zero-order valence-corrected chi connectivity index (χ0v) is 11.3. The standard InChI is InChI=1S/C13H20N2O4/c1-3-15(8-11(16)14-2)12(17)9-6-4-5-7-10(9)13(18)19/h4-5,9-10H,3,6-8H2,1-2H3,(H,14,16)(H,18,19). The number of carboxylic acid groups (broad SMARTS) is 1. The van der Waals surface area contributed by atoms with E-state index < -0.39 is 17.8 Å². The van der Waals surface area contributed by atoms with E-state index in [0.29, 0.717) is 19.4 Å². The van der Waals surface area contributed by atoms with Crippen molar-refractivity contribution in [1.82, 2.24) is 10.2 Å². The maximum absolute atomic E-state index is 12.3. The van der Waals surface area contributed by atoms with Gasteiger partial charge in [-0.1, -0.05) is 12.2 Å². The van der Waals surface area contributed by atoms with Crippen LogP contribution in [0.25, 0.3) is 0 Å². The van der Waals surface area contributed by atoms with Gasteiger partial charge in [-0.3, -0.25) is 14.4 Å². The van der Waals surface area contributed by atoms with Crippen LogP contribution in [0.1, 0.15) is 19.8 Å². The quantitative estimate of drug-likeness (QED) is 0.700. The third-order valence-electron chi connectivity index (χ3n) is 3.37. The summed E-state index contributed by atoms with van der Waals surface area (Å²) in [5.41, 5.74) is 0. The molecule has 0 radical (unpaired) electrons. The minimum absolute atomic E-state index is 0.0294. The molecular weight excluding hydrogens is 248 g/mol. The van der Waals surface area contributed by atoms with Crippen molar-refractivity contribution in [3.05, 3.63) is 12.2 Å². The van der Waals surface area contributed by atoms with E-state index in [-0.39, 0.29) is 18.4 Å². The van der Waals surface area contributed by atoms with Crippen LogP contribution in [0.15, 0.2) is 12.2 Å². The minimum Gasteiger partial charge on any atom is -0.481 e. The molecule has 2 atom stereocenters. The third-order valence-corrected chi connectivity index (χ3v) is 3.37. The summed E-state index contributed by atoms with van der Waals surface area (Å²) in [4.78, 5) is 36.3. The molecule has 0 fully saturated rings. The second-order valence-electron chi connectivity index (χ2n) is 4.52. The highest BCUT2D eigenvalue weighted by atomic mass is 16.4. The van der Waals surface area contributed by atoms with E-state index in [1.165, 1.54) is 11.9 Å². The Morgan fingerprint density at radius 3 is 2.32 bits per heavy atom. The summed E-state index contributed by atoms with van der Waals surface area (Å²) in [5, 5.41) is 11.6. The van der Waals surface area contributed by atoms with Crippen LogP contribution >= 0.6 is 0 Å². The first-order chi connectivity index (χ1) is 9.01. The second-order valence-corrected chi connectivity index (χ2v) is 4.52. The zero-order chi connectivity index (χ0) is 14.4. The highest BCUT2D eigenvalue weighted by Crippen LogP contribution is 2.27. The van der Waals surface area contributed by atoms with Crippen molar-refractivity contribution in [3.8, 4) is 0 Å². The van der Waals surface area contributed by atoms with E-state index in [9.17, 15) is 14.4 Å². The number of carbonyl (C=O) groups is 3. The second kappa shape index (κ2) is 6.92. The molecule has 6 heteroatoms. The van der Waals surface area contributed by atoms with Gasteiger partial charge in [-0.2, -0.15) is 0 Å². The molecule has 19 heavy (non-hydrogen) atoms. The number of nitrogens with zero attached hydrogens (tertiary/aromatic N) is 1. The molecule has 0 bridgehead atoms. The number of allylic oxidation sites excluding steroid dienone is 2. The summed E-state index contributed by atoms with van der Waals surface area (Å²) < 4.78 is 0. The van der Waals surface area contributed by atoms with Crippen molar-refractivity contribution >= 4 is 17.8 Å². The van der Waals surface area contributed by atoms with Crippen LogP contribution in [0.4, 0.5) is 0 Å². The number of nitrogens with one attached hydrogen (secondary N) is 1. The Bertz CT molecular complexity index is 392. The topological polar surface area (TPSA) is 86.7 Å². The van der Waals surface area contributed by atoms with Crippen LogP contribution in [-0.2, 0) is 14.4 Å². The van der Waals surface area contributed by atoms with E-state index in [2.05, 4.69) is 5.32 Å². The summed E-state index contributed by atoms with van der Waals surface area (Å²) in [5.74, 6) is -2.75. The van der Waals surface area contributed by atoms with E-state index in [1.54, 1.807) is 13.0 Å². The molecule has 0 heterocycles. The SMILES string of the molecule is CCN(CC(=O)NC)C(=O)C1CC=CCC1C(=O)O. The van der Waals surface area contributed by atoms with Crippen molar-refractivity contribution in [2.24, 2.45) is 11.8 Å². The Kier molecular flexibility index (Phi) is 5.54. The molecular formula is C13H20N2O4. The predicted molar refractivity (Wildman–Crippen MR) is 69.3 cm³/mol. The number of amides is 2. The zero-order valence-electron chi connectivity index (χ0n) is 11.3. The van der Waals surface area contributed by atoms with E-state index in [1.807, 2.05) is 6.08 Å². The highest BCUT2D eigenvalue weighted by Gasteiger charge is 2.36. The molecule has 1 aliphatic carbocycles. The highest BCUT2D eigenvalue weighted by molar-refractivity contribution is 5.88. The maximum Gasteiger partial charge on any atom is 0.307 e. The Morgan fingerprint density at radius 1 is 1.26 bits per heavy atom. The molecule has 0 saturated heterocycles. The summed E-state index contributed by atoms with van der Waals surface area (Å²) in [6.45, 7) is 2.13. The average Bonchev–Trinajstić information content (AvgIpc) is 2.43. The lowest BCUT2D eigenvalue weighted by molar-refractivity contribution is -0.151. The van der Waals surface area contributed by atoms with Crippen LogP contribution in [-0.4, -0.2) is 47.9 Å². The Hall–Kier alpha value is -1.85. The Morgan fingerprint density at radius 2 is 1.84 bits per heavy atom. The molecule has 0 aromatic heterocycles. The van der Waals surface area contributed by atoms with Gasteiger partial charge in [0, 0.05) is 13.6 Å². The Balaban J connectivity index is 2.80. The van der Waals surface area contributed by atoms with Gasteiger partial charge in [0.2, 0.25) is 11.8 Å². The molecule has 0 spiro atoms. The molecule has 1 aliphatic rings. The average molecular weight is 268 g/mol. The lowest BCUT2D eigenvalue weighted by Crippen LogP contribution is -2.45. The van der Waals surface area contributed by atoms with Crippen molar-refractivity contribution in [2.45, 2.75) is 19.8 Å². The molecule has 2 amide bonds. The van der Waals surface area contributed by atoms with E-state index in [0.717, 1.165) is 0 Å². The smallest absolute Gasteiger partial charge is 0.307 e. The van der Waals surface area contributed by atoms with Gasteiger partial charge in [-0.25, -0.2) is 0 Å². The molecule has 0 aromatic rings. The van der Waals surface area contributed by atoms with Gasteiger partial charge in [0.05, 0.1) is 18.4 Å². The van der Waals surface area contributed by atoms with Crippen molar-refractivity contribution in [1.29, 1.82) is 0 Å². The fourth-order valence-corrected chi connectivity index (χ4v) is 2.19. The monoisotopic (exact) mass is 268 g/mol. The minimum atomic E-state index is -0.960. The summed E-state index contributed by atoms with van der Waals surface area (Å²) in [7, 11) is 1.50. The molecule has 1 rings (SSSR count). The number of likely N-dealkylation sites (N-methyl/N-ethyl adjacent to an activating group) is 2. The van der Waals surface area contributed by atoms with Crippen LogP contribution in [0.3, 0.4) is 0 Å². The first-order valence-electron chi connectivity index (χ1n) is 6.38. The largest absolute Gasteiger partial charge is 0.481 e. The fraction of sp³-hybridized carbons (Fsp3) is 0.615. The van der Waals surface area contributed by atoms with Gasteiger partial charge in [0.15, 0.2) is 0 Å². The van der Waals surface area contributed by atoms with Gasteiger partial charge in [0.1, 0.15) is 0 Å². The lowest BCUT2D eigenvalue weighted by Gasteiger charge is -2.29. The van der Waals surface area contributed by atoms with Gasteiger partial charge >= 0.3 is 5.97 Å².